The monoisotopic (exact) mass is 377 g/mol. The molecule has 8 heteroatoms. The fourth-order valence-corrected chi connectivity index (χ4v) is 2.54. The number of aryl methyl sites for hydroxylation is 1. The van der Waals surface area contributed by atoms with Gasteiger partial charge in [-0.05, 0) is 48.4 Å². The predicted octanol–water partition coefficient (Wildman–Crippen LogP) is 2.67. The van der Waals surface area contributed by atoms with E-state index in [0.29, 0.717) is 17.8 Å². The zero-order valence-electron chi connectivity index (χ0n) is 15.0. The van der Waals surface area contributed by atoms with Gasteiger partial charge in [0.2, 0.25) is 11.8 Å². The van der Waals surface area contributed by atoms with Crippen LogP contribution in [0.5, 0.6) is 5.75 Å². The first kappa shape index (κ1) is 18.8. The highest BCUT2D eigenvalue weighted by Gasteiger charge is 2.09. The number of carbonyl (C=O) groups is 2. The molecule has 28 heavy (non-hydrogen) atoms. The number of hydrogen-bond donors (Lipinski definition) is 3. The van der Waals surface area contributed by atoms with Crippen LogP contribution in [-0.2, 0) is 16.0 Å². The van der Waals surface area contributed by atoms with Crippen LogP contribution in [0.25, 0.3) is 5.69 Å². The van der Waals surface area contributed by atoms with Gasteiger partial charge in [0.15, 0.2) is 0 Å². The Labute approximate surface area is 161 Å². The average molecular weight is 377 g/mol. The van der Waals surface area contributed by atoms with Crippen molar-refractivity contribution in [1.82, 2.24) is 14.8 Å². The first-order valence-electron chi connectivity index (χ1n) is 8.55. The number of nitrogens with one attached hydrogen (secondary N) is 2. The third kappa shape index (κ3) is 4.82. The second-order valence-corrected chi connectivity index (χ2v) is 6.01. The summed E-state index contributed by atoms with van der Waals surface area (Å²) in [6.45, 7) is 3.40. The van der Waals surface area contributed by atoms with Gasteiger partial charge in [0, 0.05) is 12.1 Å². The van der Waals surface area contributed by atoms with Gasteiger partial charge in [-0.3, -0.25) is 14.2 Å². The van der Waals surface area contributed by atoms with Gasteiger partial charge < -0.3 is 15.7 Å². The van der Waals surface area contributed by atoms with Crippen LogP contribution in [-0.4, -0.2) is 31.7 Å². The minimum atomic E-state index is -0.277. The summed E-state index contributed by atoms with van der Waals surface area (Å²) < 4.78 is 1.67. The van der Waals surface area contributed by atoms with E-state index < -0.39 is 0 Å². The minimum absolute atomic E-state index is 0.0208. The number of phenols is 1. The van der Waals surface area contributed by atoms with Gasteiger partial charge in [-0.1, -0.05) is 18.7 Å². The highest BCUT2D eigenvalue weighted by molar-refractivity contribution is 5.98. The molecule has 2 amide bonds. The van der Waals surface area contributed by atoms with Crippen molar-refractivity contribution in [3.63, 3.8) is 0 Å². The topological polar surface area (TPSA) is 109 Å². The molecule has 0 aliphatic carbocycles. The third-order valence-corrected chi connectivity index (χ3v) is 4.02. The quantitative estimate of drug-likeness (QED) is 0.433. The van der Waals surface area contributed by atoms with E-state index >= 15 is 0 Å². The molecule has 142 valence electrons. The Kier molecular flexibility index (Phi) is 5.81. The first-order valence-corrected chi connectivity index (χ1v) is 8.55. The lowest BCUT2D eigenvalue weighted by molar-refractivity contribution is -0.116. The second-order valence-electron chi connectivity index (χ2n) is 6.01. The molecular formula is C20H19N5O3. The fourth-order valence-electron chi connectivity index (χ4n) is 2.54. The molecule has 1 heterocycles. The van der Waals surface area contributed by atoms with Gasteiger partial charge >= 0.3 is 0 Å². The van der Waals surface area contributed by atoms with Crippen LogP contribution in [0.1, 0.15) is 12.0 Å². The Morgan fingerprint density at radius 2 is 1.79 bits per heavy atom. The summed E-state index contributed by atoms with van der Waals surface area (Å²) in [7, 11) is 0. The number of nitrogens with zero attached hydrogens (tertiary/aromatic N) is 3. The largest absolute Gasteiger partial charge is 0.506 e. The summed E-state index contributed by atoms with van der Waals surface area (Å²) in [5.74, 6) is -0.520. The maximum absolute atomic E-state index is 12.3. The van der Waals surface area contributed by atoms with Crippen molar-refractivity contribution in [3.8, 4) is 11.4 Å². The highest BCUT2D eigenvalue weighted by atomic mass is 16.3. The predicted molar refractivity (Wildman–Crippen MR) is 105 cm³/mol. The van der Waals surface area contributed by atoms with Gasteiger partial charge in [0.1, 0.15) is 18.4 Å². The minimum Gasteiger partial charge on any atom is -0.506 e. The summed E-state index contributed by atoms with van der Waals surface area (Å²) in [5.41, 5.74) is 2.65. The highest BCUT2D eigenvalue weighted by Crippen LogP contribution is 2.26. The van der Waals surface area contributed by atoms with E-state index in [1.165, 1.54) is 24.8 Å². The van der Waals surface area contributed by atoms with Crippen LogP contribution in [0.2, 0.25) is 0 Å². The molecule has 8 nitrogen and oxygen atoms in total. The first-order chi connectivity index (χ1) is 13.5. The molecule has 0 saturated carbocycles. The average Bonchev–Trinajstić information content (AvgIpc) is 3.24. The lowest BCUT2D eigenvalue weighted by Crippen LogP contribution is -2.13. The molecule has 0 atom stereocenters. The Morgan fingerprint density at radius 3 is 2.46 bits per heavy atom. The fraction of sp³-hybridized carbons (Fsp3) is 0.100. The summed E-state index contributed by atoms with van der Waals surface area (Å²) in [6.07, 6.45) is 5.02. The summed E-state index contributed by atoms with van der Waals surface area (Å²) in [4.78, 5) is 23.5. The van der Waals surface area contributed by atoms with E-state index in [0.717, 1.165) is 11.3 Å². The molecule has 0 spiro atoms. The maximum Gasteiger partial charge on any atom is 0.247 e. The third-order valence-electron chi connectivity index (χ3n) is 4.02. The molecule has 0 aliphatic rings. The SMILES string of the molecule is C=CC(=O)Nc1ccc(CCC(=O)Nc2cc(-n3cnnc3)ccc2O)cc1. The van der Waals surface area contributed by atoms with Crippen LogP contribution >= 0.6 is 0 Å². The molecular weight excluding hydrogens is 358 g/mol. The van der Waals surface area contributed by atoms with Crippen molar-refractivity contribution < 1.29 is 14.7 Å². The van der Waals surface area contributed by atoms with Crippen LogP contribution < -0.4 is 10.6 Å². The molecule has 2 aromatic carbocycles. The normalized spacial score (nSPS) is 10.3. The van der Waals surface area contributed by atoms with E-state index in [1.807, 2.05) is 12.1 Å². The van der Waals surface area contributed by atoms with E-state index in [-0.39, 0.29) is 24.0 Å². The molecule has 0 bridgehead atoms. The zero-order valence-corrected chi connectivity index (χ0v) is 15.0. The van der Waals surface area contributed by atoms with Crippen LogP contribution in [0.4, 0.5) is 11.4 Å². The number of aromatic nitrogens is 3. The lowest BCUT2D eigenvalue weighted by atomic mass is 10.1. The molecule has 3 N–H and O–H groups in total. The second kappa shape index (κ2) is 8.63. The number of amides is 2. The van der Waals surface area contributed by atoms with Gasteiger partial charge in [-0.15, -0.1) is 10.2 Å². The van der Waals surface area contributed by atoms with Crippen molar-refractivity contribution >= 4 is 23.2 Å². The molecule has 0 radical (unpaired) electrons. The Bertz CT molecular complexity index is 982. The van der Waals surface area contributed by atoms with Crippen molar-refractivity contribution in [2.75, 3.05) is 10.6 Å². The summed E-state index contributed by atoms with van der Waals surface area (Å²) in [5, 5.41) is 22.8. The van der Waals surface area contributed by atoms with Crippen LogP contribution in [0, 0.1) is 0 Å². The number of anilines is 2. The van der Waals surface area contributed by atoms with Gasteiger partial charge in [0.25, 0.3) is 0 Å². The van der Waals surface area contributed by atoms with Crippen molar-refractivity contribution in [3.05, 3.63) is 73.3 Å². The molecule has 0 fully saturated rings. The zero-order chi connectivity index (χ0) is 19.9. The number of rotatable bonds is 7. The molecule has 3 rings (SSSR count). The number of carbonyl (C=O) groups excluding carboxylic acids is 2. The molecule has 0 unspecified atom stereocenters. The van der Waals surface area contributed by atoms with Crippen molar-refractivity contribution in [2.24, 2.45) is 0 Å². The Morgan fingerprint density at radius 1 is 1.07 bits per heavy atom. The van der Waals surface area contributed by atoms with Crippen LogP contribution in [0.15, 0.2) is 67.8 Å². The maximum atomic E-state index is 12.3. The molecule has 0 aliphatic heterocycles. The molecule has 3 aromatic rings. The number of phenolic OH excluding ortho intramolecular Hbond substituents is 1. The van der Waals surface area contributed by atoms with E-state index in [4.69, 9.17) is 0 Å². The van der Waals surface area contributed by atoms with E-state index in [1.54, 1.807) is 28.8 Å². The molecule has 1 aromatic heterocycles. The Hall–Kier alpha value is -3.94. The number of benzene rings is 2. The Balaban J connectivity index is 1.58. The summed E-state index contributed by atoms with van der Waals surface area (Å²) >= 11 is 0. The van der Waals surface area contributed by atoms with E-state index in [9.17, 15) is 14.7 Å². The van der Waals surface area contributed by atoms with E-state index in [2.05, 4.69) is 27.4 Å². The van der Waals surface area contributed by atoms with Crippen molar-refractivity contribution in [1.29, 1.82) is 0 Å². The van der Waals surface area contributed by atoms with Gasteiger partial charge in [-0.25, -0.2) is 0 Å². The smallest absolute Gasteiger partial charge is 0.247 e. The molecule has 0 saturated heterocycles. The lowest BCUT2D eigenvalue weighted by Gasteiger charge is -2.10. The van der Waals surface area contributed by atoms with Crippen molar-refractivity contribution in [2.45, 2.75) is 12.8 Å². The standard InChI is InChI=1S/C20H19N5O3/c1-2-19(27)23-15-6-3-14(4-7-15)5-10-20(28)24-17-11-16(8-9-18(17)26)25-12-21-22-13-25/h2-4,6-9,11-13,26H,1,5,10H2,(H,23,27)(H,24,28). The van der Waals surface area contributed by atoms with Gasteiger partial charge in [-0.2, -0.15) is 0 Å². The summed E-state index contributed by atoms with van der Waals surface area (Å²) in [6, 6.07) is 12.1. The van der Waals surface area contributed by atoms with Gasteiger partial charge in [0.05, 0.1) is 11.4 Å². The number of aromatic hydroxyl groups is 1. The number of hydrogen-bond acceptors (Lipinski definition) is 5. The van der Waals surface area contributed by atoms with Crippen LogP contribution in [0.3, 0.4) is 0 Å².